The molecule has 1 rings (SSSR count). The summed E-state index contributed by atoms with van der Waals surface area (Å²) < 4.78 is 0. The molecule has 0 aliphatic rings. The molecule has 0 saturated heterocycles. The Kier molecular flexibility index (Phi) is 4.33. The molecule has 0 saturated carbocycles. The molecule has 0 radical (unpaired) electrons. The van der Waals surface area contributed by atoms with Crippen molar-refractivity contribution < 1.29 is 4.79 Å². The Bertz CT molecular complexity index is 433. The maximum atomic E-state index is 12.1. The van der Waals surface area contributed by atoms with Crippen molar-refractivity contribution in [2.75, 3.05) is 0 Å². The number of nitrogens with one attached hydrogen (secondary N) is 1. The number of benzene rings is 1. The first kappa shape index (κ1) is 13.8. The minimum atomic E-state index is 0.0337. The molecule has 94 valence electrons. The molecule has 1 aromatic carbocycles. The average Bonchev–Trinajstić information content (AvgIpc) is 2.23. The van der Waals surface area contributed by atoms with Gasteiger partial charge in [-0.1, -0.05) is 6.92 Å². The van der Waals surface area contributed by atoms with E-state index in [0.717, 1.165) is 17.5 Å². The smallest absolute Gasteiger partial charge is 0.251 e. The summed E-state index contributed by atoms with van der Waals surface area (Å²) in [5.74, 6) is 0.0337. The lowest BCUT2D eigenvalue weighted by molar-refractivity contribution is 0.0942. The lowest BCUT2D eigenvalue weighted by Crippen LogP contribution is -2.31. The number of hydrogen-bond donors (Lipinski definition) is 1. The van der Waals surface area contributed by atoms with Crippen molar-refractivity contribution in [2.45, 2.75) is 54.0 Å². The Morgan fingerprint density at radius 1 is 1.24 bits per heavy atom. The van der Waals surface area contributed by atoms with Crippen LogP contribution in [0.1, 0.15) is 53.4 Å². The molecule has 1 N–H and O–H groups in total. The largest absolute Gasteiger partial charge is 0.350 e. The van der Waals surface area contributed by atoms with Gasteiger partial charge in [0.15, 0.2) is 0 Å². The molecule has 0 spiro atoms. The van der Waals surface area contributed by atoms with Gasteiger partial charge >= 0.3 is 0 Å². The van der Waals surface area contributed by atoms with Gasteiger partial charge in [-0.25, -0.2) is 0 Å². The Morgan fingerprint density at radius 2 is 1.82 bits per heavy atom. The number of rotatable bonds is 3. The van der Waals surface area contributed by atoms with Crippen LogP contribution >= 0.6 is 0 Å². The molecule has 0 heterocycles. The Morgan fingerprint density at radius 3 is 2.29 bits per heavy atom. The first-order valence-corrected chi connectivity index (χ1v) is 6.29. The van der Waals surface area contributed by atoms with Crippen LogP contribution in [-0.2, 0) is 6.42 Å². The Balaban J connectivity index is 3.23. The number of amides is 1. The lowest BCUT2D eigenvalue weighted by Gasteiger charge is -2.16. The quantitative estimate of drug-likeness (QED) is 0.852. The molecule has 1 aromatic rings. The number of aryl methyl sites for hydroxylation is 1. The monoisotopic (exact) mass is 233 g/mol. The molecular weight excluding hydrogens is 210 g/mol. The highest BCUT2D eigenvalue weighted by Crippen LogP contribution is 2.22. The molecule has 0 bridgehead atoms. The summed E-state index contributed by atoms with van der Waals surface area (Å²) in [7, 11) is 0. The first-order valence-electron chi connectivity index (χ1n) is 6.29. The number of carbonyl (C=O) groups is 1. The molecule has 2 nitrogen and oxygen atoms in total. The molecule has 0 aliphatic carbocycles. The molecule has 2 heteroatoms. The summed E-state index contributed by atoms with van der Waals surface area (Å²) in [6.45, 7) is 12.3. The van der Waals surface area contributed by atoms with Crippen LogP contribution in [0, 0.1) is 20.8 Å². The summed E-state index contributed by atoms with van der Waals surface area (Å²) >= 11 is 0. The van der Waals surface area contributed by atoms with E-state index in [1.54, 1.807) is 0 Å². The SMILES string of the molecule is CCc1c(C)cc(C(=O)NC(C)C)c(C)c1C. The van der Waals surface area contributed by atoms with Gasteiger partial charge in [-0.15, -0.1) is 0 Å². The van der Waals surface area contributed by atoms with Gasteiger partial charge in [0, 0.05) is 11.6 Å². The highest BCUT2D eigenvalue weighted by molar-refractivity contribution is 5.96. The van der Waals surface area contributed by atoms with E-state index in [0.29, 0.717) is 0 Å². The maximum Gasteiger partial charge on any atom is 0.251 e. The molecule has 0 fully saturated rings. The van der Waals surface area contributed by atoms with Crippen LogP contribution in [0.2, 0.25) is 0 Å². The van der Waals surface area contributed by atoms with Crippen molar-refractivity contribution in [3.05, 3.63) is 33.9 Å². The third kappa shape index (κ3) is 2.87. The van der Waals surface area contributed by atoms with Gasteiger partial charge in [0.2, 0.25) is 0 Å². The molecule has 0 atom stereocenters. The topological polar surface area (TPSA) is 29.1 Å². The van der Waals surface area contributed by atoms with Crippen molar-refractivity contribution in [3.63, 3.8) is 0 Å². The predicted octanol–water partition coefficient (Wildman–Crippen LogP) is 3.31. The molecule has 0 aliphatic heterocycles. The van der Waals surface area contributed by atoms with E-state index in [1.807, 2.05) is 26.8 Å². The van der Waals surface area contributed by atoms with Crippen molar-refractivity contribution >= 4 is 5.91 Å². The zero-order chi connectivity index (χ0) is 13.2. The van der Waals surface area contributed by atoms with Crippen LogP contribution in [0.5, 0.6) is 0 Å². The van der Waals surface area contributed by atoms with E-state index in [9.17, 15) is 4.79 Å². The Hall–Kier alpha value is -1.31. The summed E-state index contributed by atoms with van der Waals surface area (Å²) in [4.78, 5) is 12.1. The second-order valence-electron chi connectivity index (χ2n) is 4.95. The van der Waals surface area contributed by atoms with Crippen molar-refractivity contribution in [1.29, 1.82) is 0 Å². The number of hydrogen-bond acceptors (Lipinski definition) is 1. The standard InChI is InChI=1S/C15H23NO/c1-7-13-10(4)8-14(12(6)11(13)5)15(17)16-9(2)3/h8-9H,7H2,1-6H3,(H,16,17). The van der Waals surface area contributed by atoms with Gasteiger partial charge in [0.05, 0.1) is 0 Å². The van der Waals surface area contributed by atoms with Crippen LogP contribution in [0.25, 0.3) is 0 Å². The van der Waals surface area contributed by atoms with Crippen LogP contribution < -0.4 is 5.32 Å². The fraction of sp³-hybridized carbons (Fsp3) is 0.533. The zero-order valence-corrected chi connectivity index (χ0v) is 11.8. The van der Waals surface area contributed by atoms with Gasteiger partial charge in [-0.3, -0.25) is 4.79 Å². The molecular formula is C15H23NO. The highest BCUT2D eigenvalue weighted by atomic mass is 16.1. The van der Waals surface area contributed by atoms with Crippen molar-refractivity contribution in [2.24, 2.45) is 0 Å². The predicted molar refractivity (Wildman–Crippen MR) is 72.6 cm³/mol. The Labute approximate surface area is 104 Å². The number of carbonyl (C=O) groups excluding carboxylic acids is 1. The maximum absolute atomic E-state index is 12.1. The van der Waals surface area contributed by atoms with E-state index in [-0.39, 0.29) is 11.9 Å². The zero-order valence-electron chi connectivity index (χ0n) is 11.8. The second kappa shape index (κ2) is 5.35. The average molecular weight is 233 g/mol. The van der Waals surface area contributed by atoms with E-state index < -0.39 is 0 Å². The first-order chi connectivity index (χ1) is 7.88. The summed E-state index contributed by atoms with van der Waals surface area (Å²) in [5.41, 5.74) is 5.74. The third-order valence-corrected chi connectivity index (χ3v) is 3.27. The van der Waals surface area contributed by atoms with Crippen molar-refractivity contribution in [3.8, 4) is 0 Å². The van der Waals surface area contributed by atoms with Crippen LogP contribution in [0.3, 0.4) is 0 Å². The molecule has 0 unspecified atom stereocenters. The van der Waals surface area contributed by atoms with Crippen LogP contribution in [0.4, 0.5) is 0 Å². The van der Waals surface area contributed by atoms with E-state index in [1.165, 1.54) is 16.7 Å². The van der Waals surface area contributed by atoms with E-state index >= 15 is 0 Å². The lowest BCUT2D eigenvalue weighted by atomic mass is 9.92. The summed E-state index contributed by atoms with van der Waals surface area (Å²) in [6, 6.07) is 2.19. The van der Waals surface area contributed by atoms with Crippen LogP contribution in [-0.4, -0.2) is 11.9 Å². The van der Waals surface area contributed by atoms with Gasteiger partial charge < -0.3 is 5.32 Å². The highest BCUT2D eigenvalue weighted by Gasteiger charge is 2.14. The molecule has 1 amide bonds. The van der Waals surface area contributed by atoms with E-state index in [2.05, 4.69) is 26.1 Å². The van der Waals surface area contributed by atoms with Gasteiger partial charge in [-0.2, -0.15) is 0 Å². The molecule has 0 aromatic heterocycles. The van der Waals surface area contributed by atoms with Gasteiger partial charge in [-0.05, 0) is 69.4 Å². The minimum Gasteiger partial charge on any atom is -0.350 e. The summed E-state index contributed by atoms with van der Waals surface area (Å²) in [5, 5.41) is 2.95. The fourth-order valence-electron chi connectivity index (χ4n) is 2.26. The van der Waals surface area contributed by atoms with Gasteiger partial charge in [0.25, 0.3) is 5.91 Å². The van der Waals surface area contributed by atoms with Crippen LogP contribution in [0.15, 0.2) is 6.07 Å². The normalized spacial score (nSPS) is 10.8. The molecule has 17 heavy (non-hydrogen) atoms. The third-order valence-electron chi connectivity index (χ3n) is 3.27. The second-order valence-corrected chi connectivity index (χ2v) is 4.95. The van der Waals surface area contributed by atoms with Crippen molar-refractivity contribution in [1.82, 2.24) is 5.32 Å². The van der Waals surface area contributed by atoms with E-state index in [4.69, 9.17) is 0 Å². The van der Waals surface area contributed by atoms with Gasteiger partial charge in [0.1, 0.15) is 0 Å². The minimum absolute atomic E-state index is 0.0337. The summed E-state index contributed by atoms with van der Waals surface area (Å²) in [6.07, 6.45) is 1.02. The fourth-order valence-corrected chi connectivity index (χ4v) is 2.26.